The number of carbonyl (C=O) groups is 2. The summed E-state index contributed by atoms with van der Waals surface area (Å²) in [5.41, 5.74) is 2.43. The van der Waals surface area contributed by atoms with Crippen LogP contribution in [0.2, 0.25) is 0 Å². The fourth-order valence-corrected chi connectivity index (χ4v) is 5.73. The molecular formula is C23H28N2O3S. The minimum Gasteiger partial charge on any atom is -0.372 e. The molecule has 6 heteroatoms. The standard InChI is InChI=1S/C23H28N2O3S/c1-14-9-10-18-19(11-14)29-22(24-21(26)17-7-5-4-6-8-17)20(18)23(27)25-12-15(2)28-16(3)13-25/h4-8,14-16H,9-13H2,1-3H3,(H,24,26)/t14-,15-,16+/m1/s1. The summed E-state index contributed by atoms with van der Waals surface area (Å²) in [6.07, 6.45) is 2.97. The molecule has 0 spiro atoms. The summed E-state index contributed by atoms with van der Waals surface area (Å²) in [4.78, 5) is 29.5. The van der Waals surface area contributed by atoms with Crippen molar-refractivity contribution in [2.75, 3.05) is 18.4 Å². The number of hydrogen-bond acceptors (Lipinski definition) is 4. The molecule has 1 saturated heterocycles. The topological polar surface area (TPSA) is 58.6 Å². The van der Waals surface area contributed by atoms with E-state index < -0.39 is 0 Å². The number of anilines is 1. The van der Waals surface area contributed by atoms with Gasteiger partial charge in [-0.3, -0.25) is 9.59 Å². The van der Waals surface area contributed by atoms with E-state index in [-0.39, 0.29) is 24.0 Å². The normalized spacial score (nSPS) is 24.1. The Morgan fingerprint density at radius 2 is 1.79 bits per heavy atom. The highest BCUT2D eigenvalue weighted by molar-refractivity contribution is 7.17. The smallest absolute Gasteiger partial charge is 0.257 e. The molecule has 1 aromatic heterocycles. The number of thiophene rings is 1. The lowest BCUT2D eigenvalue weighted by atomic mass is 9.88. The van der Waals surface area contributed by atoms with Crippen molar-refractivity contribution in [3.8, 4) is 0 Å². The summed E-state index contributed by atoms with van der Waals surface area (Å²) < 4.78 is 5.80. The third kappa shape index (κ3) is 4.23. The number of fused-ring (bicyclic) bond motifs is 1. The van der Waals surface area contributed by atoms with Crippen LogP contribution in [0.15, 0.2) is 30.3 Å². The number of hydrogen-bond donors (Lipinski definition) is 1. The molecule has 0 saturated carbocycles. The number of amides is 2. The molecule has 154 valence electrons. The molecule has 1 N–H and O–H groups in total. The van der Waals surface area contributed by atoms with Crippen molar-refractivity contribution in [3.05, 3.63) is 51.9 Å². The van der Waals surface area contributed by atoms with Crippen molar-refractivity contribution in [2.45, 2.75) is 52.2 Å². The van der Waals surface area contributed by atoms with Crippen LogP contribution < -0.4 is 5.32 Å². The van der Waals surface area contributed by atoms with Gasteiger partial charge in [-0.1, -0.05) is 25.1 Å². The Kier molecular flexibility index (Phi) is 5.74. The fourth-order valence-electron chi connectivity index (χ4n) is 4.33. The first-order valence-corrected chi connectivity index (χ1v) is 11.2. The monoisotopic (exact) mass is 412 g/mol. The van der Waals surface area contributed by atoms with Crippen molar-refractivity contribution < 1.29 is 14.3 Å². The van der Waals surface area contributed by atoms with Gasteiger partial charge in [0, 0.05) is 23.5 Å². The van der Waals surface area contributed by atoms with Crippen LogP contribution in [-0.4, -0.2) is 42.0 Å². The Balaban J connectivity index is 1.68. The van der Waals surface area contributed by atoms with Crippen molar-refractivity contribution in [1.82, 2.24) is 4.90 Å². The summed E-state index contributed by atoms with van der Waals surface area (Å²) in [5.74, 6) is 0.447. The molecule has 29 heavy (non-hydrogen) atoms. The molecule has 2 aromatic rings. The third-order valence-corrected chi connectivity index (χ3v) is 6.87. The van der Waals surface area contributed by atoms with Gasteiger partial charge in [-0.2, -0.15) is 0 Å². The lowest BCUT2D eigenvalue weighted by Crippen LogP contribution is -2.48. The van der Waals surface area contributed by atoms with Gasteiger partial charge in [-0.25, -0.2) is 0 Å². The van der Waals surface area contributed by atoms with Gasteiger partial charge in [0.15, 0.2) is 0 Å². The Hall–Kier alpha value is -2.18. The highest BCUT2D eigenvalue weighted by Crippen LogP contribution is 2.40. The quantitative estimate of drug-likeness (QED) is 0.814. The van der Waals surface area contributed by atoms with E-state index in [9.17, 15) is 9.59 Å². The molecule has 1 fully saturated rings. The van der Waals surface area contributed by atoms with Crippen LogP contribution in [0.1, 0.15) is 58.3 Å². The maximum absolute atomic E-state index is 13.6. The first-order chi connectivity index (χ1) is 13.9. The Bertz CT molecular complexity index is 898. The third-order valence-electron chi connectivity index (χ3n) is 5.70. The molecule has 2 amide bonds. The molecule has 3 atom stereocenters. The fraction of sp³-hybridized carbons (Fsp3) is 0.478. The summed E-state index contributed by atoms with van der Waals surface area (Å²) in [6, 6.07) is 9.16. The van der Waals surface area contributed by atoms with Gasteiger partial charge in [-0.15, -0.1) is 11.3 Å². The predicted octanol–water partition coefficient (Wildman–Crippen LogP) is 4.37. The molecular weight excluding hydrogens is 384 g/mol. The molecule has 2 heterocycles. The van der Waals surface area contributed by atoms with E-state index in [1.807, 2.05) is 36.9 Å². The highest BCUT2D eigenvalue weighted by atomic mass is 32.1. The number of ether oxygens (including phenoxy) is 1. The zero-order valence-electron chi connectivity index (χ0n) is 17.2. The molecule has 2 aliphatic rings. The van der Waals surface area contributed by atoms with Gasteiger partial charge in [0.2, 0.25) is 0 Å². The first kappa shape index (κ1) is 20.1. The van der Waals surface area contributed by atoms with Crippen LogP contribution >= 0.6 is 11.3 Å². The van der Waals surface area contributed by atoms with Gasteiger partial charge in [0.05, 0.1) is 17.8 Å². The minimum absolute atomic E-state index is 0.0135. The van der Waals surface area contributed by atoms with Crippen molar-refractivity contribution in [1.29, 1.82) is 0 Å². The van der Waals surface area contributed by atoms with Crippen LogP contribution in [0.5, 0.6) is 0 Å². The van der Waals surface area contributed by atoms with Crippen molar-refractivity contribution >= 4 is 28.2 Å². The van der Waals surface area contributed by atoms with Crippen LogP contribution in [0.4, 0.5) is 5.00 Å². The van der Waals surface area contributed by atoms with E-state index >= 15 is 0 Å². The van der Waals surface area contributed by atoms with Gasteiger partial charge in [-0.05, 0) is 56.7 Å². The second-order valence-electron chi connectivity index (χ2n) is 8.34. The van der Waals surface area contributed by atoms with Crippen LogP contribution in [-0.2, 0) is 17.6 Å². The van der Waals surface area contributed by atoms with Crippen molar-refractivity contribution in [2.24, 2.45) is 5.92 Å². The van der Waals surface area contributed by atoms with E-state index in [0.717, 1.165) is 24.8 Å². The minimum atomic E-state index is -0.171. The average Bonchev–Trinajstić information content (AvgIpc) is 3.04. The second-order valence-corrected chi connectivity index (χ2v) is 9.45. The number of nitrogens with zero attached hydrogens (tertiary/aromatic N) is 1. The largest absolute Gasteiger partial charge is 0.372 e. The van der Waals surface area contributed by atoms with Crippen molar-refractivity contribution in [3.63, 3.8) is 0 Å². The van der Waals surface area contributed by atoms with E-state index in [1.54, 1.807) is 23.5 Å². The zero-order valence-corrected chi connectivity index (χ0v) is 18.1. The molecule has 0 bridgehead atoms. The summed E-state index contributed by atoms with van der Waals surface area (Å²) in [6.45, 7) is 7.40. The van der Waals surface area contributed by atoms with Crippen LogP contribution in [0, 0.1) is 5.92 Å². The lowest BCUT2D eigenvalue weighted by molar-refractivity contribution is -0.0586. The molecule has 5 nitrogen and oxygen atoms in total. The van der Waals surface area contributed by atoms with E-state index in [1.165, 1.54) is 4.88 Å². The van der Waals surface area contributed by atoms with E-state index in [0.29, 0.717) is 35.1 Å². The summed E-state index contributed by atoms with van der Waals surface area (Å²) in [5, 5.41) is 3.73. The maximum atomic E-state index is 13.6. The van der Waals surface area contributed by atoms with Crippen LogP contribution in [0.25, 0.3) is 0 Å². The number of nitrogens with one attached hydrogen (secondary N) is 1. The molecule has 0 radical (unpaired) electrons. The van der Waals surface area contributed by atoms with Gasteiger partial charge < -0.3 is 15.0 Å². The Morgan fingerprint density at radius 3 is 2.48 bits per heavy atom. The predicted molar refractivity (Wildman–Crippen MR) is 116 cm³/mol. The lowest BCUT2D eigenvalue weighted by Gasteiger charge is -2.35. The number of rotatable bonds is 3. The van der Waals surface area contributed by atoms with E-state index in [4.69, 9.17) is 4.74 Å². The first-order valence-electron chi connectivity index (χ1n) is 10.4. The Morgan fingerprint density at radius 1 is 1.10 bits per heavy atom. The van der Waals surface area contributed by atoms with Gasteiger partial charge >= 0.3 is 0 Å². The van der Waals surface area contributed by atoms with Gasteiger partial charge in [0.1, 0.15) is 5.00 Å². The van der Waals surface area contributed by atoms with Gasteiger partial charge in [0.25, 0.3) is 11.8 Å². The average molecular weight is 413 g/mol. The zero-order chi connectivity index (χ0) is 20.5. The molecule has 1 aliphatic carbocycles. The highest BCUT2D eigenvalue weighted by Gasteiger charge is 2.33. The summed E-state index contributed by atoms with van der Waals surface area (Å²) >= 11 is 1.57. The Labute approximate surface area is 176 Å². The molecule has 0 unspecified atom stereocenters. The molecule has 1 aliphatic heterocycles. The number of carbonyl (C=O) groups excluding carboxylic acids is 2. The van der Waals surface area contributed by atoms with Crippen LogP contribution in [0.3, 0.4) is 0 Å². The number of morpholine rings is 1. The summed E-state index contributed by atoms with van der Waals surface area (Å²) in [7, 11) is 0. The molecule has 4 rings (SSSR count). The number of benzene rings is 1. The second kappa shape index (κ2) is 8.28. The van der Waals surface area contributed by atoms with E-state index in [2.05, 4.69) is 12.2 Å². The SMILES string of the molecule is C[C@@H]1CCc2c(sc(NC(=O)c3ccccc3)c2C(=O)N2C[C@@H](C)O[C@@H](C)C2)C1. The molecule has 1 aromatic carbocycles. The maximum Gasteiger partial charge on any atom is 0.257 e.